The summed E-state index contributed by atoms with van der Waals surface area (Å²) in [5.74, 6) is 1.83. The second-order valence-corrected chi connectivity index (χ2v) is 7.44. The number of carbonyl (C=O) groups is 1. The fraction of sp³-hybridized carbons (Fsp3) is 0.450. The van der Waals surface area contributed by atoms with Crippen molar-refractivity contribution >= 4 is 17.7 Å². The quantitative estimate of drug-likeness (QED) is 0.901. The van der Waals surface area contributed by atoms with E-state index in [4.69, 9.17) is 0 Å². The van der Waals surface area contributed by atoms with Gasteiger partial charge in [-0.3, -0.25) is 4.79 Å². The minimum Gasteiger partial charge on any atom is -0.373 e. The van der Waals surface area contributed by atoms with Gasteiger partial charge in [-0.2, -0.15) is 4.98 Å². The van der Waals surface area contributed by atoms with Crippen molar-refractivity contribution in [3.05, 3.63) is 47.4 Å². The molecule has 27 heavy (non-hydrogen) atoms. The van der Waals surface area contributed by atoms with Gasteiger partial charge in [-0.15, -0.1) is 0 Å². The summed E-state index contributed by atoms with van der Waals surface area (Å²) in [7, 11) is 1.84. The van der Waals surface area contributed by atoms with E-state index in [1.54, 1.807) is 19.1 Å². The predicted molar refractivity (Wildman–Crippen MR) is 102 cm³/mol. The molecule has 0 spiro atoms. The van der Waals surface area contributed by atoms with Crippen LogP contribution in [0.3, 0.4) is 0 Å². The average molecular weight is 369 g/mol. The predicted octanol–water partition coefficient (Wildman–Crippen LogP) is 2.62. The van der Waals surface area contributed by atoms with Crippen molar-refractivity contribution in [3.8, 4) is 0 Å². The molecule has 6 nitrogen and oxygen atoms in total. The fourth-order valence-electron chi connectivity index (χ4n) is 4.47. The highest BCUT2D eigenvalue weighted by molar-refractivity contribution is 5.74. The fourth-order valence-corrected chi connectivity index (χ4v) is 4.47. The van der Waals surface area contributed by atoms with Crippen LogP contribution in [-0.2, 0) is 4.79 Å². The lowest BCUT2D eigenvalue weighted by molar-refractivity contribution is -0.130. The molecule has 1 aromatic carbocycles. The summed E-state index contributed by atoms with van der Waals surface area (Å²) in [6.07, 6.45) is 0. The van der Waals surface area contributed by atoms with E-state index in [0.29, 0.717) is 18.4 Å². The second-order valence-electron chi connectivity index (χ2n) is 7.44. The molecule has 1 N–H and O–H groups in total. The maximum atomic E-state index is 13.8. The lowest BCUT2D eigenvalue weighted by Crippen LogP contribution is -2.34. The van der Waals surface area contributed by atoms with Gasteiger partial charge in [0.2, 0.25) is 11.9 Å². The minimum absolute atomic E-state index is 0.0366. The Morgan fingerprint density at radius 1 is 1.22 bits per heavy atom. The first-order valence-corrected chi connectivity index (χ1v) is 9.27. The normalized spacial score (nSPS) is 24.2. The molecule has 2 fully saturated rings. The molecule has 2 aliphatic heterocycles. The lowest BCUT2D eigenvalue weighted by Gasteiger charge is -2.29. The Morgan fingerprint density at radius 2 is 2.04 bits per heavy atom. The number of rotatable bonds is 3. The third kappa shape index (κ3) is 3.22. The van der Waals surface area contributed by atoms with Crippen LogP contribution in [-0.4, -0.2) is 47.5 Å². The molecule has 1 amide bonds. The highest BCUT2D eigenvalue weighted by Crippen LogP contribution is 2.45. The SMILES string of the molecule is CNc1cc(C)nc(N2C[C@@H]3CN(C(C)=O)[C@H](c4cccc(F)c4)[C@@H]3C2)n1. The van der Waals surface area contributed by atoms with Crippen LogP contribution < -0.4 is 10.2 Å². The van der Waals surface area contributed by atoms with Gasteiger partial charge in [0.25, 0.3) is 0 Å². The summed E-state index contributed by atoms with van der Waals surface area (Å²) in [6, 6.07) is 8.42. The number of nitrogens with one attached hydrogen (secondary N) is 1. The van der Waals surface area contributed by atoms with Crippen molar-refractivity contribution < 1.29 is 9.18 Å². The Hall–Kier alpha value is -2.70. The third-order valence-electron chi connectivity index (χ3n) is 5.64. The molecule has 2 aromatic rings. The zero-order valence-corrected chi connectivity index (χ0v) is 15.8. The van der Waals surface area contributed by atoms with Gasteiger partial charge in [0.05, 0.1) is 6.04 Å². The molecular weight excluding hydrogens is 345 g/mol. The minimum atomic E-state index is -0.269. The van der Waals surface area contributed by atoms with E-state index in [0.717, 1.165) is 30.2 Å². The number of hydrogen-bond acceptors (Lipinski definition) is 5. The molecule has 142 valence electrons. The summed E-state index contributed by atoms with van der Waals surface area (Å²) >= 11 is 0. The number of hydrogen-bond donors (Lipinski definition) is 1. The first-order chi connectivity index (χ1) is 13.0. The number of halogens is 1. The van der Waals surface area contributed by atoms with E-state index in [1.165, 1.54) is 6.07 Å². The monoisotopic (exact) mass is 369 g/mol. The smallest absolute Gasteiger partial charge is 0.227 e. The number of nitrogens with zero attached hydrogens (tertiary/aromatic N) is 4. The van der Waals surface area contributed by atoms with Crippen molar-refractivity contribution in [1.29, 1.82) is 0 Å². The molecule has 0 aliphatic carbocycles. The number of fused-ring (bicyclic) bond motifs is 1. The van der Waals surface area contributed by atoms with E-state index < -0.39 is 0 Å². The van der Waals surface area contributed by atoms with E-state index in [2.05, 4.69) is 20.2 Å². The van der Waals surface area contributed by atoms with Gasteiger partial charge in [-0.1, -0.05) is 12.1 Å². The maximum Gasteiger partial charge on any atom is 0.227 e. The molecule has 1 aromatic heterocycles. The van der Waals surface area contributed by atoms with Gasteiger partial charge in [0.1, 0.15) is 11.6 Å². The summed E-state index contributed by atoms with van der Waals surface area (Å²) < 4.78 is 13.8. The number of likely N-dealkylation sites (tertiary alicyclic amines) is 1. The molecule has 2 saturated heterocycles. The van der Waals surface area contributed by atoms with Crippen LogP contribution >= 0.6 is 0 Å². The van der Waals surface area contributed by atoms with Crippen LogP contribution in [0.25, 0.3) is 0 Å². The molecular formula is C20H24FN5O. The van der Waals surface area contributed by atoms with E-state index in [9.17, 15) is 9.18 Å². The van der Waals surface area contributed by atoms with Gasteiger partial charge >= 0.3 is 0 Å². The Kier molecular flexibility index (Phi) is 4.45. The first-order valence-electron chi connectivity index (χ1n) is 9.27. The van der Waals surface area contributed by atoms with Crippen molar-refractivity contribution in [1.82, 2.24) is 14.9 Å². The maximum absolute atomic E-state index is 13.8. The Balaban J connectivity index is 1.64. The van der Waals surface area contributed by atoms with Crippen LogP contribution in [0.15, 0.2) is 30.3 Å². The van der Waals surface area contributed by atoms with Crippen LogP contribution in [0, 0.1) is 24.6 Å². The third-order valence-corrected chi connectivity index (χ3v) is 5.64. The van der Waals surface area contributed by atoms with Crippen molar-refractivity contribution in [3.63, 3.8) is 0 Å². The molecule has 3 atom stereocenters. The zero-order chi connectivity index (χ0) is 19.1. The Morgan fingerprint density at radius 3 is 2.74 bits per heavy atom. The molecule has 0 bridgehead atoms. The number of aryl methyl sites for hydroxylation is 1. The number of aromatic nitrogens is 2. The van der Waals surface area contributed by atoms with Gasteiger partial charge in [0, 0.05) is 57.2 Å². The number of carbonyl (C=O) groups excluding carboxylic acids is 1. The summed E-state index contributed by atoms with van der Waals surface area (Å²) in [5.41, 5.74) is 1.77. The van der Waals surface area contributed by atoms with Crippen molar-refractivity contribution in [2.75, 3.05) is 36.9 Å². The molecule has 0 radical (unpaired) electrons. The first kappa shape index (κ1) is 17.7. The molecule has 7 heteroatoms. The van der Waals surface area contributed by atoms with Gasteiger partial charge in [0.15, 0.2) is 0 Å². The highest BCUT2D eigenvalue weighted by Gasteiger charge is 2.49. The zero-order valence-electron chi connectivity index (χ0n) is 15.8. The van der Waals surface area contributed by atoms with Crippen molar-refractivity contribution in [2.24, 2.45) is 11.8 Å². The highest BCUT2D eigenvalue weighted by atomic mass is 19.1. The van der Waals surface area contributed by atoms with E-state index in [1.807, 2.05) is 31.0 Å². The Bertz CT molecular complexity index is 873. The standard InChI is InChI=1S/C20H24FN5O/c1-12-7-18(22-3)24-20(23-12)25-9-15-10-26(13(2)27)19(17(15)11-25)14-5-4-6-16(21)8-14/h4-8,15,17,19H,9-11H2,1-3H3,(H,22,23,24)/t15-,17-,19-/m1/s1. The largest absolute Gasteiger partial charge is 0.373 e. The number of amides is 1. The molecule has 4 rings (SSSR count). The van der Waals surface area contributed by atoms with Crippen LogP contribution in [0.4, 0.5) is 16.2 Å². The van der Waals surface area contributed by atoms with Gasteiger partial charge < -0.3 is 15.1 Å². The summed E-state index contributed by atoms with van der Waals surface area (Å²) in [5, 5.41) is 3.07. The van der Waals surface area contributed by atoms with E-state index in [-0.39, 0.29) is 23.7 Å². The van der Waals surface area contributed by atoms with Crippen LogP contribution in [0.2, 0.25) is 0 Å². The lowest BCUT2D eigenvalue weighted by atomic mass is 9.89. The number of anilines is 2. The average Bonchev–Trinajstić information content (AvgIpc) is 3.19. The topological polar surface area (TPSA) is 61.4 Å². The van der Waals surface area contributed by atoms with Gasteiger partial charge in [-0.05, 0) is 24.6 Å². The number of benzene rings is 1. The van der Waals surface area contributed by atoms with E-state index >= 15 is 0 Å². The molecule has 0 unspecified atom stereocenters. The molecule has 0 saturated carbocycles. The van der Waals surface area contributed by atoms with Crippen molar-refractivity contribution in [2.45, 2.75) is 19.9 Å². The Labute approximate surface area is 158 Å². The summed E-state index contributed by atoms with van der Waals surface area (Å²) in [6.45, 7) is 5.78. The molecule has 2 aliphatic rings. The molecule has 3 heterocycles. The van der Waals surface area contributed by atoms with Crippen LogP contribution in [0.1, 0.15) is 24.2 Å². The van der Waals surface area contributed by atoms with Crippen LogP contribution in [0.5, 0.6) is 0 Å². The van der Waals surface area contributed by atoms with Gasteiger partial charge in [-0.25, -0.2) is 9.37 Å². The second kappa shape index (κ2) is 6.79. The summed E-state index contributed by atoms with van der Waals surface area (Å²) in [4.78, 5) is 25.5.